The molecule has 0 spiro atoms. The summed E-state index contributed by atoms with van der Waals surface area (Å²) < 4.78 is 3.75. The molecule has 0 fully saturated rings. The Bertz CT molecular complexity index is 940. The summed E-state index contributed by atoms with van der Waals surface area (Å²) in [6, 6.07) is 15.8. The Kier molecular flexibility index (Phi) is 7.46. The number of para-hydroxylation sites is 1. The average Bonchev–Trinajstić information content (AvgIpc) is 3.38. The van der Waals surface area contributed by atoms with Gasteiger partial charge < -0.3 is 14.8 Å². The fourth-order valence-corrected chi connectivity index (χ4v) is 3.79. The number of carbonyl (C=O) groups is 1. The van der Waals surface area contributed by atoms with Gasteiger partial charge in [0, 0.05) is 19.3 Å². The predicted octanol–water partition coefficient (Wildman–Crippen LogP) is 2.70. The summed E-state index contributed by atoms with van der Waals surface area (Å²) in [5.74, 6) is -0.0884. The van der Waals surface area contributed by atoms with Crippen LogP contribution in [0.3, 0.4) is 0 Å². The molecule has 2 N–H and O–H groups in total. The summed E-state index contributed by atoms with van der Waals surface area (Å²) in [7, 11) is 1.98. The maximum atomic E-state index is 13.1. The smallest absolute Gasteiger partial charge is 0.270 e. The first-order chi connectivity index (χ1) is 14.5. The molecule has 0 bridgehead atoms. The van der Waals surface area contributed by atoms with E-state index >= 15 is 0 Å². The van der Waals surface area contributed by atoms with Gasteiger partial charge in [-0.3, -0.25) is 4.79 Å². The number of aromatic nitrogens is 3. The van der Waals surface area contributed by atoms with Crippen molar-refractivity contribution in [1.29, 1.82) is 0 Å². The van der Waals surface area contributed by atoms with Crippen molar-refractivity contribution < 1.29 is 9.69 Å². The standard InChI is InChI=1S/C24H33N5O/c1-5-28(6-2)17-10-12-19(3)25-24(30)23-18-21(22-15-11-16-27(22)4)26-29(23)20-13-8-7-9-14-20/h7-9,11,13-16,18-19H,5-6,10,12,17H2,1-4H3,(H,25,30)/p+1/t19-/m1/s1. The second-order valence-corrected chi connectivity index (χ2v) is 7.89. The average molecular weight is 409 g/mol. The van der Waals surface area contributed by atoms with Crippen LogP contribution in [0.4, 0.5) is 0 Å². The van der Waals surface area contributed by atoms with E-state index in [0.29, 0.717) is 5.69 Å². The molecule has 0 radical (unpaired) electrons. The first kappa shape index (κ1) is 21.8. The van der Waals surface area contributed by atoms with Gasteiger partial charge in [-0.05, 0) is 63.9 Å². The number of carbonyl (C=O) groups excluding carboxylic acids is 1. The van der Waals surface area contributed by atoms with Crippen LogP contribution in [0, 0.1) is 0 Å². The largest absolute Gasteiger partial charge is 0.349 e. The number of nitrogens with zero attached hydrogens (tertiary/aromatic N) is 3. The summed E-state index contributed by atoms with van der Waals surface area (Å²) >= 11 is 0. The van der Waals surface area contributed by atoms with Crippen LogP contribution in [0.1, 0.15) is 44.1 Å². The van der Waals surface area contributed by atoms with E-state index in [1.807, 2.05) is 66.3 Å². The van der Waals surface area contributed by atoms with Crippen LogP contribution in [0.15, 0.2) is 54.7 Å². The number of hydrogen-bond acceptors (Lipinski definition) is 2. The number of quaternary nitrogens is 1. The molecule has 0 aliphatic carbocycles. The molecule has 0 aliphatic heterocycles. The summed E-state index contributed by atoms with van der Waals surface area (Å²) in [5.41, 5.74) is 3.20. The molecular formula is C24H34N5O+. The van der Waals surface area contributed by atoms with Crippen LogP contribution < -0.4 is 10.2 Å². The van der Waals surface area contributed by atoms with E-state index in [4.69, 9.17) is 5.10 Å². The van der Waals surface area contributed by atoms with Crippen molar-refractivity contribution in [3.8, 4) is 17.1 Å². The highest BCUT2D eigenvalue weighted by Crippen LogP contribution is 2.22. The van der Waals surface area contributed by atoms with Crippen LogP contribution in [-0.2, 0) is 7.05 Å². The zero-order valence-corrected chi connectivity index (χ0v) is 18.6. The van der Waals surface area contributed by atoms with Gasteiger partial charge in [-0.15, -0.1) is 0 Å². The fraction of sp³-hybridized carbons (Fsp3) is 0.417. The van der Waals surface area contributed by atoms with E-state index in [9.17, 15) is 4.79 Å². The summed E-state index contributed by atoms with van der Waals surface area (Å²) in [6.07, 6.45) is 4.06. The third-order valence-corrected chi connectivity index (χ3v) is 5.69. The van der Waals surface area contributed by atoms with Gasteiger partial charge >= 0.3 is 0 Å². The molecule has 1 amide bonds. The Morgan fingerprint density at radius 3 is 2.50 bits per heavy atom. The van der Waals surface area contributed by atoms with E-state index < -0.39 is 0 Å². The topological polar surface area (TPSA) is 56.3 Å². The number of amides is 1. The monoisotopic (exact) mass is 408 g/mol. The van der Waals surface area contributed by atoms with E-state index in [-0.39, 0.29) is 11.9 Å². The quantitative estimate of drug-likeness (QED) is 0.542. The van der Waals surface area contributed by atoms with Gasteiger partial charge in [0.1, 0.15) is 11.4 Å². The molecule has 0 unspecified atom stereocenters. The van der Waals surface area contributed by atoms with Crippen LogP contribution in [0.2, 0.25) is 0 Å². The van der Waals surface area contributed by atoms with E-state index in [0.717, 1.165) is 49.6 Å². The maximum absolute atomic E-state index is 13.1. The van der Waals surface area contributed by atoms with Crippen LogP contribution in [-0.4, -0.2) is 45.9 Å². The normalized spacial score (nSPS) is 12.3. The molecular weight excluding hydrogens is 374 g/mol. The minimum atomic E-state index is -0.0884. The molecule has 2 heterocycles. The first-order valence-electron chi connectivity index (χ1n) is 10.9. The summed E-state index contributed by atoms with van der Waals surface area (Å²) in [5, 5.41) is 7.92. The summed E-state index contributed by atoms with van der Waals surface area (Å²) in [4.78, 5) is 14.7. The van der Waals surface area contributed by atoms with Crippen molar-refractivity contribution >= 4 is 5.91 Å². The maximum Gasteiger partial charge on any atom is 0.270 e. The lowest BCUT2D eigenvalue weighted by Crippen LogP contribution is -3.11. The molecule has 160 valence electrons. The van der Waals surface area contributed by atoms with E-state index in [1.54, 1.807) is 9.58 Å². The molecule has 0 aliphatic rings. The lowest BCUT2D eigenvalue weighted by Gasteiger charge is -2.18. The second-order valence-electron chi connectivity index (χ2n) is 7.89. The Balaban J connectivity index is 1.77. The fourth-order valence-electron chi connectivity index (χ4n) is 3.79. The van der Waals surface area contributed by atoms with Crippen molar-refractivity contribution in [3.05, 3.63) is 60.4 Å². The Morgan fingerprint density at radius 1 is 1.13 bits per heavy atom. The van der Waals surface area contributed by atoms with Gasteiger partial charge in [-0.1, -0.05) is 18.2 Å². The minimum Gasteiger partial charge on any atom is -0.349 e. The van der Waals surface area contributed by atoms with Gasteiger partial charge in [0.05, 0.1) is 31.0 Å². The van der Waals surface area contributed by atoms with Crippen molar-refractivity contribution in [2.24, 2.45) is 7.05 Å². The van der Waals surface area contributed by atoms with Crippen LogP contribution >= 0.6 is 0 Å². The number of aryl methyl sites for hydroxylation is 1. The minimum absolute atomic E-state index is 0.0884. The molecule has 0 saturated heterocycles. The number of hydrogen-bond donors (Lipinski definition) is 2. The predicted molar refractivity (Wildman–Crippen MR) is 121 cm³/mol. The molecule has 2 aromatic heterocycles. The van der Waals surface area contributed by atoms with Gasteiger partial charge in [0.15, 0.2) is 0 Å². The van der Waals surface area contributed by atoms with Crippen molar-refractivity contribution in [2.75, 3.05) is 19.6 Å². The highest BCUT2D eigenvalue weighted by Gasteiger charge is 2.20. The van der Waals surface area contributed by atoms with Gasteiger partial charge in [0.2, 0.25) is 0 Å². The number of benzene rings is 1. The van der Waals surface area contributed by atoms with Crippen LogP contribution in [0.5, 0.6) is 0 Å². The number of rotatable bonds is 10. The van der Waals surface area contributed by atoms with E-state index in [2.05, 4.69) is 26.1 Å². The third kappa shape index (κ3) is 5.19. The molecule has 6 nitrogen and oxygen atoms in total. The molecule has 3 rings (SSSR count). The molecule has 1 atom stereocenters. The molecule has 0 saturated carbocycles. The van der Waals surface area contributed by atoms with E-state index in [1.165, 1.54) is 0 Å². The lowest BCUT2D eigenvalue weighted by molar-refractivity contribution is -0.896. The van der Waals surface area contributed by atoms with Gasteiger partial charge in [-0.2, -0.15) is 5.10 Å². The Labute approximate surface area is 179 Å². The third-order valence-electron chi connectivity index (χ3n) is 5.69. The molecule has 3 aromatic rings. The van der Waals surface area contributed by atoms with Crippen LogP contribution in [0.25, 0.3) is 17.1 Å². The van der Waals surface area contributed by atoms with Gasteiger partial charge in [-0.25, -0.2) is 4.68 Å². The van der Waals surface area contributed by atoms with Gasteiger partial charge in [0.25, 0.3) is 5.91 Å². The molecule has 30 heavy (non-hydrogen) atoms. The Morgan fingerprint density at radius 2 is 1.87 bits per heavy atom. The second kappa shape index (κ2) is 10.3. The lowest BCUT2D eigenvalue weighted by atomic mass is 10.1. The Hall–Kier alpha value is -2.86. The SMILES string of the molecule is CC[NH+](CC)CCC[C@@H](C)NC(=O)c1cc(-c2cccn2C)nn1-c1ccccc1. The molecule has 6 heteroatoms. The zero-order valence-electron chi connectivity index (χ0n) is 18.6. The molecule has 1 aromatic carbocycles. The van der Waals surface area contributed by atoms with Crippen molar-refractivity contribution in [3.63, 3.8) is 0 Å². The highest BCUT2D eigenvalue weighted by molar-refractivity contribution is 5.94. The zero-order chi connectivity index (χ0) is 21.5. The first-order valence-corrected chi connectivity index (χ1v) is 10.9. The van der Waals surface area contributed by atoms with Crippen molar-refractivity contribution in [1.82, 2.24) is 19.7 Å². The highest BCUT2D eigenvalue weighted by atomic mass is 16.2. The van der Waals surface area contributed by atoms with Crippen molar-refractivity contribution in [2.45, 2.75) is 39.7 Å². The summed E-state index contributed by atoms with van der Waals surface area (Å²) in [6.45, 7) is 9.96. The number of nitrogens with one attached hydrogen (secondary N) is 2.